The van der Waals surface area contributed by atoms with E-state index < -0.39 is 83.5 Å². The first-order valence-electron chi connectivity index (χ1n) is 24.8. The van der Waals surface area contributed by atoms with Crippen molar-refractivity contribution in [2.75, 3.05) is 13.2 Å². The first-order chi connectivity index (χ1) is 32.5. The number of hydrogen-bond donors (Lipinski definition) is 7. The van der Waals surface area contributed by atoms with E-state index >= 15 is 0 Å². The molecule has 0 aliphatic heterocycles. The second-order valence-electron chi connectivity index (χ2n) is 17.2. The molecule has 1 aliphatic carbocycles. The fourth-order valence-corrected chi connectivity index (χ4v) is 8.69. The number of carbonyl (C=O) groups excluding carboxylic acids is 3. The number of hydrogen-bond acceptors (Lipinski definition) is 14. The predicted octanol–water partition coefficient (Wildman–Crippen LogP) is 9.02. The molecule has 5 unspecified atom stereocenters. The third-order valence-corrected chi connectivity index (χ3v) is 12.5. The molecule has 0 amide bonds. The second kappa shape index (κ2) is 39.0. The van der Waals surface area contributed by atoms with Crippen LogP contribution in [0.4, 0.5) is 0 Å². The lowest BCUT2D eigenvalue weighted by Crippen LogP contribution is -2.64. The number of unbranched alkanes of at least 4 members (excludes halogenated alkanes) is 16. The Kier molecular flexibility index (Phi) is 36.4. The minimum atomic E-state index is -5.39. The standard InChI is InChI=1S/C49H84O17P2/c1-3-5-7-9-11-13-15-17-18-19-20-22-24-26-28-30-32-36-42(51)62-38-41(39-63-68(60,61)66-49-46(55)44(53)45(54)48(47(49)56)65-67(57,58)59)64-43(52)37-33-35-40(50)34-31-29-27-25-23-21-16-14-12-10-8-6-4-2/h12,14,17-18,21,23,27,29,31,34,41,44-49,53-56H,3-11,13,15-16,19-20,22,24-26,28,30,32-33,35-39H2,1-2H3,(H,60,61)(H2,57,58,59)/b14-12-,18-17-,23-21-,29-27-,34-31+/t41-,44?,45?,46?,47?,48-,49+/m1/s1. The highest BCUT2D eigenvalue weighted by Crippen LogP contribution is 2.49. The van der Waals surface area contributed by atoms with Crippen molar-refractivity contribution in [2.45, 2.75) is 217 Å². The highest BCUT2D eigenvalue weighted by molar-refractivity contribution is 7.47. The number of ketones is 1. The Morgan fingerprint density at radius 1 is 0.515 bits per heavy atom. The van der Waals surface area contributed by atoms with Gasteiger partial charge in [0.1, 0.15) is 43.2 Å². The van der Waals surface area contributed by atoms with E-state index in [1.54, 1.807) is 12.2 Å². The molecule has 0 aromatic carbocycles. The van der Waals surface area contributed by atoms with Gasteiger partial charge >= 0.3 is 27.6 Å². The Balaban J connectivity index is 2.66. The van der Waals surface area contributed by atoms with Gasteiger partial charge in [-0.1, -0.05) is 146 Å². The Hall–Kier alpha value is -2.63. The number of carbonyl (C=O) groups is 3. The van der Waals surface area contributed by atoms with Crippen LogP contribution in [0.25, 0.3) is 0 Å². The zero-order chi connectivity index (χ0) is 50.5. The normalized spacial score (nSPS) is 21.7. The molecule has 0 radical (unpaired) electrons. The monoisotopic (exact) mass is 1010 g/mol. The summed E-state index contributed by atoms with van der Waals surface area (Å²) in [5.74, 6) is -1.70. The van der Waals surface area contributed by atoms with Crippen LogP contribution < -0.4 is 0 Å². The van der Waals surface area contributed by atoms with Gasteiger partial charge in [0, 0.05) is 19.3 Å². The average molecular weight is 1010 g/mol. The molecule has 0 bridgehead atoms. The molecule has 7 N–H and O–H groups in total. The molecule has 1 aliphatic rings. The third kappa shape index (κ3) is 33.0. The molecule has 0 aromatic heterocycles. The molecule has 8 atom stereocenters. The Labute approximate surface area is 405 Å². The Morgan fingerprint density at radius 2 is 1.00 bits per heavy atom. The molecular formula is C49H84O17P2. The summed E-state index contributed by atoms with van der Waals surface area (Å²) in [6.45, 7) is 2.88. The number of ether oxygens (including phenoxy) is 2. The number of esters is 2. The van der Waals surface area contributed by atoms with E-state index in [-0.39, 0.29) is 31.5 Å². The molecule has 1 fully saturated rings. The van der Waals surface area contributed by atoms with Gasteiger partial charge in [0.05, 0.1) is 6.61 Å². The number of allylic oxidation sites excluding steroid dienone is 10. The van der Waals surface area contributed by atoms with E-state index in [9.17, 15) is 58.6 Å². The van der Waals surface area contributed by atoms with Crippen LogP contribution in [0.5, 0.6) is 0 Å². The summed E-state index contributed by atoms with van der Waals surface area (Å²) in [5, 5.41) is 41.2. The lowest BCUT2D eigenvalue weighted by Gasteiger charge is -2.43. The summed E-state index contributed by atoms with van der Waals surface area (Å²) in [6.07, 6.45) is 27.4. The molecule has 19 heteroatoms. The first-order valence-corrected chi connectivity index (χ1v) is 27.8. The van der Waals surface area contributed by atoms with Crippen LogP contribution in [0.1, 0.15) is 174 Å². The second-order valence-corrected chi connectivity index (χ2v) is 19.8. The third-order valence-electron chi connectivity index (χ3n) is 11.0. The lowest BCUT2D eigenvalue weighted by atomic mass is 9.85. The van der Waals surface area contributed by atoms with E-state index in [1.807, 2.05) is 12.2 Å². The van der Waals surface area contributed by atoms with E-state index in [4.69, 9.17) is 18.5 Å². The smallest absolute Gasteiger partial charge is 0.462 e. The zero-order valence-corrected chi connectivity index (χ0v) is 42.3. The van der Waals surface area contributed by atoms with Crippen molar-refractivity contribution in [3.63, 3.8) is 0 Å². The quantitative estimate of drug-likeness (QED) is 0.00751. The molecule has 0 aromatic rings. The van der Waals surface area contributed by atoms with Gasteiger partial charge in [0.2, 0.25) is 0 Å². The Bertz CT molecular complexity index is 1610. The van der Waals surface area contributed by atoms with Gasteiger partial charge in [-0.05, 0) is 70.3 Å². The average Bonchev–Trinajstić information content (AvgIpc) is 3.29. The maximum Gasteiger partial charge on any atom is 0.472 e. The van der Waals surface area contributed by atoms with E-state index in [0.717, 1.165) is 64.2 Å². The summed E-state index contributed by atoms with van der Waals surface area (Å²) in [5.41, 5.74) is 0. The molecule has 0 heterocycles. The zero-order valence-electron chi connectivity index (χ0n) is 40.5. The highest BCUT2D eigenvalue weighted by atomic mass is 31.2. The van der Waals surface area contributed by atoms with Crippen molar-refractivity contribution in [1.82, 2.24) is 0 Å². The van der Waals surface area contributed by atoms with E-state index in [1.165, 1.54) is 63.9 Å². The van der Waals surface area contributed by atoms with Gasteiger partial charge in [0.15, 0.2) is 11.9 Å². The summed E-state index contributed by atoms with van der Waals surface area (Å²) in [4.78, 5) is 66.7. The summed E-state index contributed by atoms with van der Waals surface area (Å²) < 4.78 is 49.2. The first kappa shape index (κ1) is 63.4. The number of phosphoric ester groups is 2. The molecule has 392 valence electrons. The van der Waals surface area contributed by atoms with Gasteiger partial charge in [0.25, 0.3) is 0 Å². The Morgan fingerprint density at radius 3 is 1.60 bits per heavy atom. The van der Waals surface area contributed by atoms with Crippen LogP contribution in [-0.2, 0) is 46.6 Å². The fourth-order valence-electron chi connectivity index (χ4n) is 7.15. The summed E-state index contributed by atoms with van der Waals surface area (Å²) >= 11 is 0. The fraction of sp³-hybridized carbons (Fsp3) is 0.735. The highest BCUT2D eigenvalue weighted by Gasteiger charge is 2.54. The van der Waals surface area contributed by atoms with E-state index in [2.05, 4.69) is 48.8 Å². The topological polar surface area (TPSA) is 273 Å². The maximum absolute atomic E-state index is 13.0. The van der Waals surface area contributed by atoms with Crippen LogP contribution in [0.3, 0.4) is 0 Å². The van der Waals surface area contributed by atoms with Crippen molar-refractivity contribution >= 4 is 33.4 Å². The van der Waals surface area contributed by atoms with Crippen LogP contribution in [-0.4, -0.2) is 109 Å². The number of aliphatic hydroxyl groups excluding tert-OH is 4. The van der Waals surface area contributed by atoms with Gasteiger partial charge in [-0.3, -0.25) is 28.0 Å². The summed E-state index contributed by atoms with van der Waals surface area (Å²) in [7, 11) is -10.8. The van der Waals surface area contributed by atoms with Gasteiger partial charge in [-0.2, -0.15) is 0 Å². The number of aliphatic hydroxyl groups is 4. The molecule has 17 nitrogen and oxygen atoms in total. The van der Waals surface area contributed by atoms with Crippen LogP contribution >= 0.6 is 15.6 Å². The SMILES string of the molecule is CCCCC/C=C\C/C=C\C/C=C\C=C\C(=O)CCCC(=O)O[C@H](COC(=O)CCCCCCCCC/C=C\CCCCCCCC)COP(=O)(O)O[C@H]1C(O)C(O)C(O)[C@@H](OP(=O)(O)O)C1O. The molecule has 1 rings (SSSR count). The van der Waals surface area contributed by atoms with Crippen LogP contribution in [0, 0.1) is 0 Å². The lowest BCUT2D eigenvalue weighted by molar-refractivity contribution is -0.216. The molecular weight excluding hydrogens is 922 g/mol. The van der Waals surface area contributed by atoms with Gasteiger partial charge in [-0.15, -0.1) is 0 Å². The van der Waals surface area contributed by atoms with Crippen LogP contribution in [0.2, 0.25) is 0 Å². The molecule has 1 saturated carbocycles. The summed E-state index contributed by atoms with van der Waals surface area (Å²) in [6, 6.07) is 0. The van der Waals surface area contributed by atoms with Crippen molar-refractivity contribution in [3.05, 3.63) is 60.8 Å². The van der Waals surface area contributed by atoms with Crippen LogP contribution in [0.15, 0.2) is 60.8 Å². The van der Waals surface area contributed by atoms with Crippen molar-refractivity contribution in [2.24, 2.45) is 0 Å². The van der Waals surface area contributed by atoms with Crippen molar-refractivity contribution in [3.8, 4) is 0 Å². The van der Waals surface area contributed by atoms with Crippen molar-refractivity contribution < 1.29 is 81.7 Å². The maximum atomic E-state index is 13.0. The number of phosphoric acid groups is 2. The minimum Gasteiger partial charge on any atom is -0.462 e. The molecule has 0 saturated heterocycles. The molecule has 68 heavy (non-hydrogen) atoms. The minimum absolute atomic E-state index is 0.00971. The predicted molar refractivity (Wildman–Crippen MR) is 260 cm³/mol. The number of rotatable bonds is 41. The largest absolute Gasteiger partial charge is 0.472 e. The van der Waals surface area contributed by atoms with Gasteiger partial charge in [-0.25, -0.2) is 9.13 Å². The molecule has 0 spiro atoms. The van der Waals surface area contributed by atoms with E-state index in [0.29, 0.717) is 12.8 Å². The van der Waals surface area contributed by atoms with Gasteiger partial charge < -0.3 is 44.6 Å². The van der Waals surface area contributed by atoms with Crippen molar-refractivity contribution in [1.29, 1.82) is 0 Å².